The van der Waals surface area contributed by atoms with Gasteiger partial charge in [0.15, 0.2) is 0 Å². The summed E-state index contributed by atoms with van der Waals surface area (Å²) in [4.78, 5) is 4.54. The van der Waals surface area contributed by atoms with E-state index in [2.05, 4.69) is 43.3 Å². The van der Waals surface area contributed by atoms with Gasteiger partial charge < -0.3 is 0 Å². The number of aryl methyl sites for hydroxylation is 1. The van der Waals surface area contributed by atoms with Crippen LogP contribution in [-0.2, 0) is 6.42 Å². The standard InChI is InChI=1S/C10H15NS/c1-4-9-6-5-7-10(11-9)8(2)12-3/h5-8H,4H2,1-3H3. The van der Waals surface area contributed by atoms with Crippen molar-refractivity contribution in [3.8, 4) is 0 Å². The molecule has 1 rings (SSSR count). The minimum absolute atomic E-state index is 0.511. The van der Waals surface area contributed by atoms with Gasteiger partial charge in [0.05, 0.1) is 5.69 Å². The fourth-order valence-corrected chi connectivity index (χ4v) is 1.41. The maximum absolute atomic E-state index is 4.54. The van der Waals surface area contributed by atoms with Gasteiger partial charge in [0, 0.05) is 10.9 Å². The lowest BCUT2D eigenvalue weighted by atomic mass is 10.2. The maximum atomic E-state index is 4.54. The van der Waals surface area contributed by atoms with Gasteiger partial charge in [-0.1, -0.05) is 13.0 Å². The highest BCUT2D eigenvalue weighted by Gasteiger charge is 2.04. The summed E-state index contributed by atoms with van der Waals surface area (Å²) >= 11 is 1.83. The Labute approximate surface area is 78.6 Å². The molecule has 0 aliphatic heterocycles. The van der Waals surface area contributed by atoms with Crippen LogP contribution in [0.25, 0.3) is 0 Å². The molecule has 0 N–H and O–H groups in total. The summed E-state index contributed by atoms with van der Waals surface area (Å²) < 4.78 is 0. The van der Waals surface area contributed by atoms with Crippen molar-refractivity contribution < 1.29 is 0 Å². The second kappa shape index (κ2) is 4.51. The van der Waals surface area contributed by atoms with Crippen LogP contribution in [0.1, 0.15) is 30.5 Å². The lowest BCUT2D eigenvalue weighted by Gasteiger charge is -2.07. The number of aromatic nitrogens is 1. The van der Waals surface area contributed by atoms with Crippen LogP contribution in [0.15, 0.2) is 18.2 Å². The molecule has 0 saturated carbocycles. The molecule has 0 spiro atoms. The smallest absolute Gasteiger partial charge is 0.0533 e. The van der Waals surface area contributed by atoms with Gasteiger partial charge in [-0.05, 0) is 31.7 Å². The fraction of sp³-hybridized carbons (Fsp3) is 0.500. The molecule has 0 fully saturated rings. The minimum atomic E-state index is 0.511. The second-order valence-corrected chi connectivity index (χ2v) is 3.96. The number of hydrogen-bond acceptors (Lipinski definition) is 2. The Balaban J connectivity index is 2.86. The summed E-state index contributed by atoms with van der Waals surface area (Å²) in [5.74, 6) is 0. The molecule has 0 aromatic carbocycles. The van der Waals surface area contributed by atoms with E-state index in [1.54, 1.807) is 0 Å². The minimum Gasteiger partial charge on any atom is -0.257 e. The Hall–Kier alpha value is -0.500. The van der Waals surface area contributed by atoms with Crippen LogP contribution in [0.5, 0.6) is 0 Å². The van der Waals surface area contributed by atoms with Gasteiger partial charge in [-0.2, -0.15) is 11.8 Å². The quantitative estimate of drug-likeness (QED) is 0.710. The van der Waals surface area contributed by atoms with Crippen LogP contribution in [0.4, 0.5) is 0 Å². The molecule has 66 valence electrons. The largest absolute Gasteiger partial charge is 0.257 e. The number of rotatable bonds is 3. The first-order valence-electron chi connectivity index (χ1n) is 4.26. The molecule has 1 unspecified atom stereocenters. The van der Waals surface area contributed by atoms with Crippen LogP contribution >= 0.6 is 11.8 Å². The first-order valence-corrected chi connectivity index (χ1v) is 5.55. The molecular weight excluding hydrogens is 166 g/mol. The van der Waals surface area contributed by atoms with Crippen LogP contribution in [0.2, 0.25) is 0 Å². The van der Waals surface area contributed by atoms with Crippen molar-refractivity contribution in [2.24, 2.45) is 0 Å². The molecule has 0 aliphatic rings. The van der Waals surface area contributed by atoms with Gasteiger partial charge >= 0.3 is 0 Å². The zero-order valence-electron chi connectivity index (χ0n) is 7.87. The van der Waals surface area contributed by atoms with Gasteiger partial charge in [-0.25, -0.2) is 0 Å². The van der Waals surface area contributed by atoms with Crippen molar-refractivity contribution in [3.63, 3.8) is 0 Å². The van der Waals surface area contributed by atoms with Crippen LogP contribution in [-0.4, -0.2) is 11.2 Å². The van der Waals surface area contributed by atoms with Gasteiger partial charge in [0.1, 0.15) is 0 Å². The van der Waals surface area contributed by atoms with E-state index in [9.17, 15) is 0 Å². The highest BCUT2D eigenvalue weighted by molar-refractivity contribution is 7.98. The van der Waals surface area contributed by atoms with Gasteiger partial charge in [0.2, 0.25) is 0 Å². The molecule has 1 nitrogen and oxygen atoms in total. The van der Waals surface area contributed by atoms with Crippen LogP contribution < -0.4 is 0 Å². The van der Waals surface area contributed by atoms with E-state index < -0.39 is 0 Å². The topological polar surface area (TPSA) is 12.9 Å². The average Bonchev–Trinajstić information content (AvgIpc) is 2.17. The normalized spacial score (nSPS) is 12.9. The SMILES string of the molecule is CCc1cccc(C(C)SC)n1. The average molecular weight is 181 g/mol. The third-order valence-corrected chi connectivity index (χ3v) is 2.91. The zero-order chi connectivity index (χ0) is 8.97. The van der Waals surface area contributed by atoms with E-state index in [-0.39, 0.29) is 0 Å². The summed E-state index contributed by atoms with van der Waals surface area (Å²) in [5, 5.41) is 0.511. The lowest BCUT2D eigenvalue weighted by molar-refractivity contribution is 0.942. The van der Waals surface area contributed by atoms with Crippen molar-refractivity contribution in [2.45, 2.75) is 25.5 Å². The Morgan fingerprint density at radius 3 is 2.83 bits per heavy atom. The third-order valence-electron chi connectivity index (χ3n) is 1.96. The van der Waals surface area contributed by atoms with Crippen molar-refractivity contribution in [2.75, 3.05) is 6.26 Å². The van der Waals surface area contributed by atoms with E-state index in [1.807, 2.05) is 11.8 Å². The van der Waals surface area contributed by atoms with E-state index in [4.69, 9.17) is 0 Å². The predicted octanol–water partition coefficient (Wildman–Crippen LogP) is 3.07. The van der Waals surface area contributed by atoms with Crippen molar-refractivity contribution >= 4 is 11.8 Å². The van der Waals surface area contributed by atoms with E-state index in [0.717, 1.165) is 6.42 Å². The van der Waals surface area contributed by atoms with Crippen molar-refractivity contribution in [1.82, 2.24) is 4.98 Å². The number of thioether (sulfide) groups is 1. The van der Waals surface area contributed by atoms with Gasteiger partial charge in [0.25, 0.3) is 0 Å². The Morgan fingerprint density at radius 1 is 1.50 bits per heavy atom. The maximum Gasteiger partial charge on any atom is 0.0533 e. The molecule has 0 bridgehead atoms. The molecule has 12 heavy (non-hydrogen) atoms. The zero-order valence-corrected chi connectivity index (χ0v) is 8.69. The molecule has 1 atom stereocenters. The monoisotopic (exact) mass is 181 g/mol. The Bertz CT molecular complexity index is 247. The fourth-order valence-electron chi connectivity index (χ4n) is 1.04. The van der Waals surface area contributed by atoms with Gasteiger partial charge in [-0.15, -0.1) is 0 Å². The highest BCUT2D eigenvalue weighted by atomic mass is 32.2. The Morgan fingerprint density at radius 2 is 2.25 bits per heavy atom. The molecule has 1 heterocycles. The lowest BCUT2D eigenvalue weighted by Crippen LogP contribution is -1.95. The summed E-state index contributed by atoms with van der Waals surface area (Å²) in [6.45, 7) is 4.32. The number of nitrogens with zero attached hydrogens (tertiary/aromatic N) is 1. The summed E-state index contributed by atoms with van der Waals surface area (Å²) in [6.07, 6.45) is 3.14. The summed E-state index contributed by atoms with van der Waals surface area (Å²) in [7, 11) is 0. The highest BCUT2D eigenvalue weighted by Crippen LogP contribution is 2.23. The first kappa shape index (κ1) is 9.59. The number of hydrogen-bond donors (Lipinski definition) is 0. The van der Waals surface area contributed by atoms with E-state index in [0.29, 0.717) is 5.25 Å². The molecule has 2 heteroatoms. The molecular formula is C10H15NS. The molecule has 0 aliphatic carbocycles. The molecule has 0 amide bonds. The second-order valence-electron chi connectivity index (χ2n) is 2.79. The van der Waals surface area contributed by atoms with E-state index >= 15 is 0 Å². The Kier molecular flexibility index (Phi) is 3.60. The van der Waals surface area contributed by atoms with E-state index in [1.165, 1.54) is 11.4 Å². The molecule has 1 aromatic heterocycles. The first-order chi connectivity index (χ1) is 5.77. The molecule has 1 aromatic rings. The molecule has 0 radical (unpaired) electrons. The van der Waals surface area contributed by atoms with Crippen molar-refractivity contribution in [1.29, 1.82) is 0 Å². The summed E-state index contributed by atoms with van der Waals surface area (Å²) in [5.41, 5.74) is 2.38. The number of pyridine rings is 1. The predicted molar refractivity (Wildman–Crippen MR) is 55.5 cm³/mol. The van der Waals surface area contributed by atoms with Crippen molar-refractivity contribution in [3.05, 3.63) is 29.6 Å². The molecule has 0 saturated heterocycles. The summed E-state index contributed by atoms with van der Waals surface area (Å²) in [6, 6.07) is 6.27. The van der Waals surface area contributed by atoms with Crippen LogP contribution in [0.3, 0.4) is 0 Å². The van der Waals surface area contributed by atoms with Crippen LogP contribution in [0, 0.1) is 0 Å². The van der Waals surface area contributed by atoms with Gasteiger partial charge in [-0.3, -0.25) is 4.98 Å². The third kappa shape index (κ3) is 2.24.